The Morgan fingerprint density at radius 3 is 2.89 bits per heavy atom. The van der Waals surface area contributed by atoms with Gasteiger partial charge in [-0.25, -0.2) is 9.97 Å². The van der Waals surface area contributed by atoms with E-state index in [0.717, 1.165) is 31.0 Å². The Kier molecular flexibility index (Phi) is 5.85. The highest BCUT2D eigenvalue weighted by atomic mass is 16.5. The quantitative estimate of drug-likeness (QED) is 0.635. The lowest BCUT2D eigenvalue weighted by atomic mass is 10.00. The van der Waals surface area contributed by atoms with Crippen molar-refractivity contribution >= 4 is 11.5 Å². The van der Waals surface area contributed by atoms with Crippen molar-refractivity contribution in [1.82, 2.24) is 20.2 Å². The highest BCUT2D eigenvalue weighted by Gasteiger charge is 2.20. The van der Waals surface area contributed by atoms with E-state index in [1.165, 1.54) is 17.5 Å². The number of hydrogen-bond donors (Lipinski definition) is 3. The van der Waals surface area contributed by atoms with Crippen LogP contribution < -0.4 is 10.6 Å². The van der Waals surface area contributed by atoms with E-state index >= 15 is 0 Å². The monoisotopic (exact) mass is 381 g/mol. The molecule has 0 radical (unpaired) electrons. The van der Waals surface area contributed by atoms with Crippen molar-refractivity contribution < 1.29 is 9.84 Å². The maximum atomic E-state index is 10.5. The average Bonchev–Trinajstić information content (AvgIpc) is 2.69. The van der Waals surface area contributed by atoms with E-state index in [2.05, 4.69) is 56.3 Å². The minimum absolute atomic E-state index is 0.306. The van der Waals surface area contributed by atoms with Gasteiger partial charge in [0.05, 0.1) is 36.8 Å². The van der Waals surface area contributed by atoms with Gasteiger partial charge in [-0.1, -0.05) is 30.8 Å². The fourth-order valence-corrected chi connectivity index (χ4v) is 3.53. The molecule has 4 rings (SSSR count). The Hall–Kier alpha value is -2.48. The van der Waals surface area contributed by atoms with Crippen molar-refractivity contribution in [1.29, 1.82) is 0 Å². The molecule has 0 bridgehead atoms. The fraction of sp³-hybridized carbons (Fsp3) is 0.429. The molecule has 7 nitrogen and oxygen atoms in total. The summed E-state index contributed by atoms with van der Waals surface area (Å²) >= 11 is 0. The average molecular weight is 381 g/mol. The van der Waals surface area contributed by atoms with E-state index in [1.54, 1.807) is 0 Å². The van der Waals surface area contributed by atoms with Crippen LogP contribution in [0.15, 0.2) is 43.2 Å². The molecule has 0 aliphatic carbocycles. The largest absolute Gasteiger partial charge is 0.390 e. The summed E-state index contributed by atoms with van der Waals surface area (Å²) in [6.45, 7) is 8.37. The number of nitrogens with one attached hydrogen (secondary N) is 2. The summed E-state index contributed by atoms with van der Waals surface area (Å²) in [7, 11) is 0. The standard InChI is InChI=1S/C21H27N5O2/c1-15(20-8-21(24-14-23-20)25-18-12-28-13-18)22-9-19(27)11-26-7-6-16-4-2-3-5-17(16)10-26/h2-5,8,14,18-19,22,27H,1,6-7,9-13H2,(H,23,24,25)/t19-/m0/s1. The van der Waals surface area contributed by atoms with Gasteiger partial charge < -0.3 is 20.5 Å². The first-order chi connectivity index (χ1) is 13.7. The van der Waals surface area contributed by atoms with Gasteiger partial charge >= 0.3 is 0 Å². The van der Waals surface area contributed by atoms with Crippen molar-refractivity contribution in [3.8, 4) is 0 Å². The molecule has 2 aromatic rings. The molecule has 28 heavy (non-hydrogen) atoms. The molecule has 7 heteroatoms. The van der Waals surface area contributed by atoms with E-state index in [9.17, 15) is 5.11 Å². The van der Waals surface area contributed by atoms with Gasteiger partial charge in [0.25, 0.3) is 0 Å². The molecule has 2 aliphatic rings. The van der Waals surface area contributed by atoms with E-state index < -0.39 is 6.10 Å². The van der Waals surface area contributed by atoms with Crippen LogP contribution in [0, 0.1) is 0 Å². The summed E-state index contributed by atoms with van der Waals surface area (Å²) in [6, 6.07) is 10.7. The smallest absolute Gasteiger partial charge is 0.130 e. The number of rotatable bonds is 8. The Bertz CT molecular complexity index is 824. The highest BCUT2D eigenvalue weighted by Crippen LogP contribution is 2.18. The van der Waals surface area contributed by atoms with Crippen molar-refractivity contribution in [2.75, 3.05) is 38.2 Å². The molecule has 1 atom stereocenters. The summed E-state index contributed by atoms with van der Waals surface area (Å²) in [5.41, 5.74) is 4.17. The van der Waals surface area contributed by atoms with Gasteiger partial charge in [-0.2, -0.15) is 0 Å². The number of aliphatic hydroxyl groups is 1. The van der Waals surface area contributed by atoms with Gasteiger partial charge in [-0.15, -0.1) is 0 Å². The number of hydrogen-bond acceptors (Lipinski definition) is 7. The van der Waals surface area contributed by atoms with Crippen LogP contribution in [0.2, 0.25) is 0 Å². The Labute approximate surface area is 165 Å². The normalized spacial score (nSPS) is 18.0. The molecule has 1 fully saturated rings. The molecule has 0 amide bonds. The second-order valence-corrected chi connectivity index (χ2v) is 7.43. The zero-order valence-electron chi connectivity index (χ0n) is 16.0. The fourth-order valence-electron chi connectivity index (χ4n) is 3.53. The second kappa shape index (κ2) is 8.68. The van der Waals surface area contributed by atoms with E-state index in [4.69, 9.17) is 4.74 Å². The second-order valence-electron chi connectivity index (χ2n) is 7.43. The number of anilines is 1. The van der Waals surface area contributed by atoms with Crippen LogP contribution in [0.4, 0.5) is 5.82 Å². The molecule has 0 unspecified atom stereocenters. The number of aromatic nitrogens is 2. The SMILES string of the molecule is C=C(NC[C@H](O)CN1CCc2ccccc2C1)c1cc(NC2COC2)ncn1. The number of ether oxygens (including phenoxy) is 1. The lowest BCUT2D eigenvalue weighted by Crippen LogP contribution is -2.40. The van der Waals surface area contributed by atoms with Gasteiger partial charge in [-0.3, -0.25) is 4.90 Å². The first-order valence-corrected chi connectivity index (χ1v) is 9.74. The van der Waals surface area contributed by atoms with Crippen LogP contribution in [-0.4, -0.2) is 65.0 Å². The molecule has 3 heterocycles. The summed E-state index contributed by atoms with van der Waals surface area (Å²) in [5, 5.41) is 17.0. The van der Waals surface area contributed by atoms with E-state index in [-0.39, 0.29) is 0 Å². The van der Waals surface area contributed by atoms with Gasteiger partial charge in [-0.05, 0) is 17.5 Å². The van der Waals surface area contributed by atoms with Crippen LogP contribution in [0.5, 0.6) is 0 Å². The lowest BCUT2D eigenvalue weighted by Gasteiger charge is -2.30. The van der Waals surface area contributed by atoms with Crippen LogP contribution in [-0.2, 0) is 17.7 Å². The minimum Gasteiger partial charge on any atom is -0.390 e. The van der Waals surface area contributed by atoms with Crippen LogP contribution >= 0.6 is 0 Å². The number of fused-ring (bicyclic) bond motifs is 1. The van der Waals surface area contributed by atoms with Gasteiger partial charge in [0.2, 0.25) is 0 Å². The predicted molar refractivity (Wildman–Crippen MR) is 109 cm³/mol. The van der Waals surface area contributed by atoms with Gasteiger partial charge in [0.15, 0.2) is 0 Å². The number of nitrogens with zero attached hydrogens (tertiary/aromatic N) is 3. The molecule has 148 valence electrons. The molecule has 3 N–H and O–H groups in total. The van der Waals surface area contributed by atoms with Crippen molar-refractivity contribution in [3.05, 3.63) is 60.1 Å². The van der Waals surface area contributed by atoms with Crippen molar-refractivity contribution in [3.63, 3.8) is 0 Å². The third-order valence-corrected chi connectivity index (χ3v) is 5.20. The number of aliphatic hydroxyl groups excluding tert-OH is 1. The molecular formula is C21H27N5O2. The maximum Gasteiger partial charge on any atom is 0.130 e. The summed E-state index contributed by atoms with van der Waals surface area (Å²) in [4.78, 5) is 10.8. The predicted octanol–water partition coefficient (Wildman–Crippen LogP) is 1.27. The first-order valence-electron chi connectivity index (χ1n) is 9.74. The van der Waals surface area contributed by atoms with Crippen LogP contribution in [0.3, 0.4) is 0 Å². The van der Waals surface area contributed by atoms with E-state index in [1.807, 2.05) is 6.07 Å². The third-order valence-electron chi connectivity index (χ3n) is 5.20. The molecule has 0 saturated carbocycles. The molecule has 0 spiro atoms. The molecule has 1 aromatic heterocycles. The lowest BCUT2D eigenvalue weighted by molar-refractivity contribution is 0.0209. The molecular weight excluding hydrogens is 354 g/mol. The van der Waals surface area contributed by atoms with E-state index in [0.29, 0.717) is 38.0 Å². The van der Waals surface area contributed by atoms with Crippen molar-refractivity contribution in [2.24, 2.45) is 0 Å². The Balaban J connectivity index is 1.25. The Morgan fingerprint density at radius 1 is 1.29 bits per heavy atom. The number of benzene rings is 1. The zero-order valence-corrected chi connectivity index (χ0v) is 16.0. The molecule has 2 aliphatic heterocycles. The summed E-state index contributed by atoms with van der Waals surface area (Å²) in [6.07, 6.45) is 2.07. The van der Waals surface area contributed by atoms with Crippen molar-refractivity contribution in [2.45, 2.75) is 25.1 Å². The van der Waals surface area contributed by atoms with Gasteiger partial charge in [0, 0.05) is 32.2 Å². The Morgan fingerprint density at radius 2 is 2.11 bits per heavy atom. The van der Waals surface area contributed by atoms with Crippen LogP contribution in [0.1, 0.15) is 16.8 Å². The number of β-amino-alcohol motifs (C(OH)–C–C–N with tert-alkyl or cyclic N) is 1. The zero-order chi connectivity index (χ0) is 19.3. The topological polar surface area (TPSA) is 82.5 Å². The molecule has 1 saturated heterocycles. The maximum absolute atomic E-state index is 10.5. The first kappa shape index (κ1) is 18.9. The van der Waals surface area contributed by atoms with Crippen LogP contribution in [0.25, 0.3) is 5.70 Å². The summed E-state index contributed by atoms with van der Waals surface area (Å²) < 4.78 is 5.16. The minimum atomic E-state index is -0.478. The summed E-state index contributed by atoms with van der Waals surface area (Å²) in [5.74, 6) is 0.758. The highest BCUT2D eigenvalue weighted by molar-refractivity contribution is 5.60. The van der Waals surface area contributed by atoms with Gasteiger partial charge in [0.1, 0.15) is 12.1 Å². The third kappa shape index (κ3) is 4.67. The molecule has 1 aromatic carbocycles.